The van der Waals surface area contributed by atoms with Gasteiger partial charge in [-0.2, -0.15) is 0 Å². The van der Waals surface area contributed by atoms with Crippen LogP contribution in [0.25, 0.3) is 103 Å². The van der Waals surface area contributed by atoms with Crippen LogP contribution in [-0.2, 0) is 5.41 Å². The zero-order valence-corrected chi connectivity index (χ0v) is 30.1. The number of hydrogen-bond acceptors (Lipinski definition) is 2. The van der Waals surface area contributed by atoms with Crippen molar-refractivity contribution in [2.75, 3.05) is 0 Å². The van der Waals surface area contributed by atoms with Gasteiger partial charge in [0.25, 0.3) is 0 Å². The number of fused-ring (bicyclic) bond motifs is 13. The van der Waals surface area contributed by atoms with Gasteiger partial charge in [-0.05, 0) is 120 Å². The molecule has 1 aliphatic rings. The third kappa shape index (κ3) is 4.11. The van der Waals surface area contributed by atoms with Crippen LogP contribution in [0.2, 0.25) is 0 Å². The van der Waals surface area contributed by atoms with Gasteiger partial charge in [0.2, 0.25) is 0 Å². The van der Waals surface area contributed by atoms with Crippen LogP contribution in [0, 0.1) is 0 Å². The molecule has 2 nitrogen and oxygen atoms in total. The van der Waals surface area contributed by atoms with Gasteiger partial charge in [-0.25, -0.2) is 4.98 Å². The molecule has 0 atom stereocenters. The van der Waals surface area contributed by atoms with Crippen molar-refractivity contribution in [1.82, 2.24) is 9.38 Å². The van der Waals surface area contributed by atoms with Gasteiger partial charge in [0.15, 0.2) is 5.65 Å². The molecular weight excluding hydrogens is 661 g/mol. The van der Waals surface area contributed by atoms with E-state index >= 15 is 0 Å². The van der Waals surface area contributed by atoms with Crippen LogP contribution >= 0.6 is 11.3 Å². The Morgan fingerprint density at radius 2 is 1.11 bits per heavy atom. The van der Waals surface area contributed by atoms with Gasteiger partial charge in [0.05, 0.1) is 21.4 Å². The van der Waals surface area contributed by atoms with Crippen LogP contribution in [0.4, 0.5) is 0 Å². The Labute approximate surface area is 310 Å². The number of pyridine rings is 1. The minimum Gasteiger partial charge on any atom is -0.291 e. The Morgan fingerprint density at radius 3 is 1.89 bits per heavy atom. The lowest BCUT2D eigenvalue weighted by atomic mass is 9.82. The molecule has 0 bridgehead atoms. The summed E-state index contributed by atoms with van der Waals surface area (Å²) in [5.74, 6) is 0. The standard InChI is InChI=1S/C50H32N2S/c1-50(2)42-14-8-7-13-38(42)39-23-35(19-20-43(39)50)29-15-17-30(18-16-29)45-28-41-40-24-33-11-5-6-12-34(33)27-47(40)53-48(41)49-51-44-25-36-21-31-9-3-4-10-32(31)22-37(36)26-46(44)52(45)49/h3-28H,1-2H3. The van der Waals surface area contributed by atoms with E-state index in [-0.39, 0.29) is 5.41 Å². The molecular formula is C50H32N2S. The maximum Gasteiger partial charge on any atom is 0.156 e. The highest BCUT2D eigenvalue weighted by atomic mass is 32.1. The van der Waals surface area contributed by atoms with Crippen molar-refractivity contribution < 1.29 is 0 Å². The highest BCUT2D eigenvalue weighted by Gasteiger charge is 2.35. The normalized spacial score (nSPS) is 13.6. The fourth-order valence-electron chi connectivity index (χ4n) is 9.17. The lowest BCUT2D eigenvalue weighted by Crippen LogP contribution is -2.14. The van der Waals surface area contributed by atoms with Crippen LogP contribution in [0.15, 0.2) is 158 Å². The summed E-state index contributed by atoms with van der Waals surface area (Å²) >= 11 is 1.85. The molecule has 53 heavy (non-hydrogen) atoms. The van der Waals surface area contributed by atoms with Crippen LogP contribution in [0.3, 0.4) is 0 Å². The monoisotopic (exact) mass is 692 g/mol. The number of rotatable bonds is 2. The molecule has 3 heteroatoms. The van der Waals surface area contributed by atoms with Gasteiger partial charge < -0.3 is 0 Å². The van der Waals surface area contributed by atoms with Crippen molar-refractivity contribution in [2.24, 2.45) is 0 Å². The second kappa shape index (κ2) is 10.4. The summed E-state index contributed by atoms with van der Waals surface area (Å²) in [6.07, 6.45) is 0. The second-order valence-corrected chi connectivity index (χ2v) is 16.3. The molecule has 0 saturated carbocycles. The van der Waals surface area contributed by atoms with Crippen molar-refractivity contribution >= 4 is 80.5 Å². The molecule has 0 amide bonds. The highest BCUT2D eigenvalue weighted by Crippen LogP contribution is 2.50. The maximum absolute atomic E-state index is 5.43. The zero-order chi connectivity index (χ0) is 35.0. The van der Waals surface area contributed by atoms with Gasteiger partial charge in [-0.1, -0.05) is 123 Å². The Kier molecular flexibility index (Phi) is 5.75. The molecule has 0 N–H and O–H groups in total. The minimum absolute atomic E-state index is 0.00242. The van der Waals surface area contributed by atoms with E-state index in [0.717, 1.165) is 22.4 Å². The van der Waals surface area contributed by atoms with Gasteiger partial charge in [0, 0.05) is 20.9 Å². The average Bonchev–Trinajstić information content (AvgIpc) is 3.82. The van der Waals surface area contributed by atoms with Crippen molar-refractivity contribution in [3.63, 3.8) is 0 Å². The first-order chi connectivity index (χ1) is 26.0. The molecule has 0 fully saturated rings. The lowest BCUT2D eigenvalue weighted by Gasteiger charge is -2.21. The highest BCUT2D eigenvalue weighted by molar-refractivity contribution is 7.26. The van der Waals surface area contributed by atoms with E-state index in [2.05, 4.69) is 176 Å². The summed E-state index contributed by atoms with van der Waals surface area (Å²) < 4.78 is 4.92. The van der Waals surface area contributed by atoms with Gasteiger partial charge in [0.1, 0.15) is 0 Å². The largest absolute Gasteiger partial charge is 0.291 e. The Morgan fingerprint density at radius 1 is 0.491 bits per heavy atom. The van der Waals surface area contributed by atoms with E-state index in [1.807, 2.05) is 11.3 Å². The molecule has 0 unspecified atom stereocenters. The summed E-state index contributed by atoms with van der Waals surface area (Å²) in [5.41, 5.74) is 13.5. The van der Waals surface area contributed by atoms with Gasteiger partial charge in [-0.15, -0.1) is 11.3 Å². The van der Waals surface area contributed by atoms with E-state index in [1.54, 1.807) is 0 Å². The van der Waals surface area contributed by atoms with Crippen LogP contribution < -0.4 is 0 Å². The molecule has 0 aliphatic heterocycles. The Balaban J connectivity index is 1.09. The number of hydrogen-bond donors (Lipinski definition) is 0. The number of benzene rings is 8. The first-order valence-electron chi connectivity index (χ1n) is 18.4. The van der Waals surface area contributed by atoms with Crippen molar-refractivity contribution in [2.45, 2.75) is 19.3 Å². The van der Waals surface area contributed by atoms with E-state index in [4.69, 9.17) is 4.98 Å². The summed E-state index contributed by atoms with van der Waals surface area (Å²) in [5, 5.41) is 10.0. The average molecular weight is 693 g/mol. The fourth-order valence-corrected chi connectivity index (χ4v) is 10.4. The third-order valence-corrected chi connectivity index (χ3v) is 13.1. The molecule has 11 aromatic rings. The maximum atomic E-state index is 5.43. The number of thiophene rings is 1. The summed E-state index contributed by atoms with van der Waals surface area (Å²) in [6.45, 7) is 4.68. The van der Waals surface area contributed by atoms with E-state index in [0.29, 0.717) is 0 Å². The molecule has 1 aliphatic carbocycles. The number of aromatic nitrogens is 2. The summed E-state index contributed by atoms with van der Waals surface area (Å²) in [6, 6.07) is 58.7. The smallest absolute Gasteiger partial charge is 0.156 e. The molecule has 248 valence electrons. The number of nitrogens with zero attached hydrogens (tertiary/aromatic N) is 2. The molecule has 8 aromatic carbocycles. The van der Waals surface area contributed by atoms with Crippen molar-refractivity contribution in [1.29, 1.82) is 0 Å². The third-order valence-electron chi connectivity index (χ3n) is 11.9. The van der Waals surface area contributed by atoms with E-state index < -0.39 is 0 Å². The van der Waals surface area contributed by atoms with Crippen molar-refractivity contribution in [3.8, 4) is 33.5 Å². The zero-order valence-electron chi connectivity index (χ0n) is 29.3. The first-order valence-corrected chi connectivity index (χ1v) is 19.2. The summed E-state index contributed by atoms with van der Waals surface area (Å²) in [7, 11) is 0. The first kappa shape index (κ1) is 29.3. The quantitative estimate of drug-likeness (QED) is 0.165. The number of imidazole rings is 1. The molecule has 0 spiro atoms. The summed E-state index contributed by atoms with van der Waals surface area (Å²) in [4.78, 5) is 5.43. The molecule has 0 saturated heterocycles. The van der Waals surface area contributed by atoms with Crippen LogP contribution in [0.5, 0.6) is 0 Å². The van der Waals surface area contributed by atoms with E-state index in [1.165, 1.54) is 91.4 Å². The van der Waals surface area contributed by atoms with Gasteiger partial charge >= 0.3 is 0 Å². The molecule has 12 rings (SSSR count). The topological polar surface area (TPSA) is 17.3 Å². The SMILES string of the molecule is CC1(C)c2ccccc2-c2cc(-c3ccc(-c4cc5c6cc7ccccc7cc6sc5c5nc6cc7cc8ccccc8cc7cc6n45)cc3)ccc21. The predicted molar refractivity (Wildman–Crippen MR) is 227 cm³/mol. The van der Waals surface area contributed by atoms with Gasteiger partial charge in [-0.3, -0.25) is 4.40 Å². The molecule has 0 radical (unpaired) electrons. The fraction of sp³-hybridized carbons (Fsp3) is 0.0600. The minimum atomic E-state index is 0.00242. The Bertz CT molecular complexity index is 3340. The van der Waals surface area contributed by atoms with E-state index in [9.17, 15) is 0 Å². The predicted octanol–water partition coefficient (Wildman–Crippen LogP) is 14.0. The second-order valence-electron chi connectivity index (χ2n) is 15.2. The van der Waals surface area contributed by atoms with Crippen LogP contribution in [-0.4, -0.2) is 9.38 Å². The van der Waals surface area contributed by atoms with Crippen molar-refractivity contribution in [3.05, 3.63) is 169 Å². The lowest BCUT2D eigenvalue weighted by molar-refractivity contribution is 0.660. The molecule has 3 heterocycles. The molecule has 3 aromatic heterocycles. The van der Waals surface area contributed by atoms with Crippen LogP contribution in [0.1, 0.15) is 25.0 Å². The Hall–Kier alpha value is -6.29.